The molecule has 2 aliphatic rings. The Hall–Kier alpha value is 0. The van der Waals surface area contributed by atoms with Gasteiger partial charge in [0, 0.05) is 0 Å². The van der Waals surface area contributed by atoms with E-state index < -0.39 is 0 Å². The zero-order chi connectivity index (χ0) is 11.8. The maximum absolute atomic E-state index is 2.49. The largest absolute Gasteiger partial charge is 0.0599 e. The summed E-state index contributed by atoms with van der Waals surface area (Å²) in [6.07, 6.45) is 11.9. The van der Waals surface area contributed by atoms with Gasteiger partial charge in [-0.25, -0.2) is 0 Å². The van der Waals surface area contributed by atoms with Crippen molar-refractivity contribution in [2.45, 2.75) is 79.1 Å². The number of hydrogen-bond donors (Lipinski definition) is 0. The van der Waals surface area contributed by atoms with Crippen molar-refractivity contribution in [2.75, 3.05) is 0 Å². The first-order valence-electron chi connectivity index (χ1n) is 7.38. The van der Waals surface area contributed by atoms with Crippen LogP contribution in [0.1, 0.15) is 79.1 Å². The molecule has 0 nitrogen and oxygen atoms in total. The molecule has 16 heavy (non-hydrogen) atoms. The monoisotopic (exact) mass is 222 g/mol. The summed E-state index contributed by atoms with van der Waals surface area (Å²) in [5, 5.41) is 0. The van der Waals surface area contributed by atoms with Crippen LogP contribution in [-0.2, 0) is 0 Å². The van der Waals surface area contributed by atoms with Crippen LogP contribution in [0.5, 0.6) is 0 Å². The van der Waals surface area contributed by atoms with Crippen LogP contribution in [0.2, 0.25) is 0 Å². The highest BCUT2D eigenvalue weighted by molar-refractivity contribution is 4.88. The fourth-order valence-electron chi connectivity index (χ4n) is 4.33. The molecule has 0 heterocycles. The van der Waals surface area contributed by atoms with Gasteiger partial charge in [0.05, 0.1) is 0 Å². The summed E-state index contributed by atoms with van der Waals surface area (Å²) in [6.45, 7) is 9.97. The van der Waals surface area contributed by atoms with Crippen LogP contribution in [0.3, 0.4) is 0 Å². The highest BCUT2D eigenvalue weighted by atomic mass is 14.4. The fourth-order valence-corrected chi connectivity index (χ4v) is 4.33. The molecule has 0 N–H and O–H groups in total. The molecule has 0 aliphatic heterocycles. The average Bonchev–Trinajstić information content (AvgIpc) is 2.31. The zero-order valence-corrected chi connectivity index (χ0v) is 11.8. The Morgan fingerprint density at radius 3 is 1.56 bits per heavy atom. The van der Waals surface area contributed by atoms with E-state index in [-0.39, 0.29) is 0 Å². The van der Waals surface area contributed by atoms with E-state index in [9.17, 15) is 0 Å². The minimum absolute atomic E-state index is 0.611. The van der Waals surface area contributed by atoms with Crippen molar-refractivity contribution in [1.29, 1.82) is 0 Å². The minimum Gasteiger partial charge on any atom is -0.0599 e. The van der Waals surface area contributed by atoms with Gasteiger partial charge in [0.25, 0.3) is 0 Å². The number of hydrogen-bond acceptors (Lipinski definition) is 0. The maximum atomic E-state index is 2.49. The van der Waals surface area contributed by atoms with E-state index in [4.69, 9.17) is 0 Å². The maximum Gasteiger partial charge on any atom is -0.0351 e. The van der Waals surface area contributed by atoms with Gasteiger partial charge in [0.1, 0.15) is 0 Å². The summed E-state index contributed by atoms with van der Waals surface area (Å²) in [5.41, 5.74) is 1.22. The van der Waals surface area contributed by atoms with Gasteiger partial charge >= 0.3 is 0 Å². The third-order valence-electron chi connectivity index (χ3n) is 5.15. The van der Waals surface area contributed by atoms with Gasteiger partial charge in [-0.3, -0.25) is 0 Å². The van der Waals surface area contributed by atoms with Gasteiger partial charge in [-0.1, -0.05) is 53.4 Å². The lowest BCUT2D eigenvalue weighted by molar-refractivity contribution is 0.176. The minimum atomic E-state index is 0.611. The number of fused-ring (bicyclic) bond motifs is 1. The molecule has 0 unspecified atom stereocenters. The van der Waals surface area contributed by atoms with Crippen LogP contribution in [-0.4, -0.2) is 0 Å². The van der Waals surface area contributed by atoms with Gasteiger partial charge in [-0.05, 0) is 48.3 Å². The van der Waals surface area contributed by atoms with Crippen molar-refractivity contribution in [3.8, 4) is 0 Å². The summed E-state index contributed by atoms with van der Waals surface area (Å²) in [7, 11) is 0. The van der Waals surface area contributed by atoms with E-state index in [1.165, 1.54) is 51.4 Å². The molecular formula is C16H30. The van der Waals surface area contributed by atoms with E-state index in [2.05, 4.69) is 27.7 Å². The molecular weight excluding hydrogens is 192 g/mol. The van der Waals surface area contributed by atoms with E-state index in [1.807, 2.05) is 0 Å². The predicted molar refractivity (Wildman–Crippen MR) is 71.5 cm³/mol. The van der Waals surface area contributed by atoms with Gasteiger partial charge in [0.2, 0.25) is 0 Å². The first-order valence-corrected chi connectivity index (χ1v) is 7.38. The molecule has 94 valence electrons. The average molecular weight is 222 g/mol. The summed E-state index contributed by atoms with van der Waals surface area (Å²) in [6, 6.07) is 0. The first-order chi connectivity index (χ1) is 7.38. The summed E-state index contributed by atoms with van der Waals surface area (Å²) < 4.78 is 0. The molecule has 0 aromatic rings. The second kappa shape index (κ2) is 4.35. The van der Waals surface area contributed by atoms with Crippen LogP contribution in [0, 0.1) is 22.7 Å². The lowest BCUT2D eigenvalue weighted by Gasteiger charge is -2.33. The molecule has 0 radical (unpaired) electrons. The molecule has 0 amide bonds. The third kappa shape index (κ3) is 3.02. The Kier molecular flexibility index (Phi) is 3.39. The Labute approximate surface area is 102 Å². The SMILES string of the molecule is CC1(C)CCCC2CCCC(C)(C)CC2C1. The second-order valence-corrected chi connectivity index (χ2v) is 8.04. The van der Waals surface area contributed by atoms with Crippen molar-refractivity contribution in [1.82, 2.24) is 0 Å². The second-order valence-electron chi connectivity index (χ2n) is 8.04. The summed E-state index contributed by atoms with van der Waals surface area (Å²) in [5.74, 6) is 2.08. The van der Waals surface area contributed by atoms with Gasteiger partial charge < -0.3 is 0 Å². The van der Waals surface area contributed by atoms with Crippen molar-refractivity contribution < 1.29 is 0 Å². The van der Waals surface area contributed by atoms with Crippen molar-refractivity contribution >= 4 is 0 Å². The fraction of sp³-hybridized carbons (Fsp3) is 1.00. The van der Waals surface area contributed by atoms with Crippen LogP contribution in [0.15, 0.2) is 0 Å². The molecule has 0 saturated heterocycles. The normalized spacial score (nSPS) is 38.2. The van der Waals surface area contributed by atoms with E-state index in [0.717, 1.165) is 11.8 Å². The summed E-state index contributed by atoms with van der Waals surface area (Å²) >= 11 is 0. The topological polar surface area (TPSA) is 0 Å². The molecule has 0 atom stereocenters. The molecule has 2 saturated carbocycles. The smallest absolute Gasteiger partial charge is 0.0351 e. The first kappa shape index (κ1) is 12.5. The molecule has 0 spiro atoms. The lowest BCUT2D eigenvalue weighted by atomic mass is 9.72. The third-order valence-corrected chi connectivity index (χ3v) is 5.15. The van der Waals surface area contributed by atoms with Crippen molar-refractivity contribution in [3.63, 3.8) is 0 Å². The number of rotatable bonds is 0. The molecule has 0 aromatic heterocycles. The Bertz CT molecular complexity index is 212. The molecule has 0 bridgehead atoms. The van der Waals surface area contributed by atoms with Gasteiger partial charge in [-0.15, -0.1) is 0 Å². The van der Waals surface area contributed by atoms with E-state index >= 15 is 0 Å². The predicted octanol–water partition coefficient (Wildman–Crippen LogP) is 5.42. The zero-order valence-electron chi connectivity index (χ0n) is 11.8. The Morgan fingerprint density at radius 1 is 0.688 bits per heavy atom. The Balaban J connectivity index is 2.12. The highest BCUT2D eigenvalue weighted by Crippen LogP contribution is 2.49. The molecule has 2 rings (SSSR count). The Morgan fingerprint density at radius 2 is 1.12 bits per heavy atom. The van der Waals surface area contributed by atoms with Crippen LogP contribution >= 0.6 is 0 Å². The highest BCUT2D eigenvalue weighted by Gasteiger charge is 2.37. The van der Waals surface area contributed by atoms with Crippen molar-refractivity contribution in [2.24, 2.45) is 22.7 Å². The van der Waals surface area contributed by atoms with Crippen molar-refractivity contribution in [3.05, 3.63) is 0 Å². The van der Waals surface area contributed by atoms with E-state index in [0.29, 0.717) is 10.8 Å². The molecule has 0 heteroatoms. The standard InChI is InChI=1S/C16H30/c1-15(2)9-5-7-13-8-6-10-16(3,4)12-14(13)11-15/h13-14H,5-12H2,1-4H3. The van der Waals surface area contributed by atoms with Crippen LogP contribution in [0.4, 0.5) is 0 Å². The molecule has 2 aliphatic carbocycles. The lowest BCUT2D eigenvalue weighted by Crippen LogP contribution is -2.23. The summed E-state index contributed by atoms with van der Waals surface area (Å²) in [4.78, 5) is 0. The van der Waals surface area contributed by atoms with Crippen LogP contribution < -0.4 is 0 Å². The quantitative estimate of drug-likeness (QED) is 0.513. The molecule has 2 fully saturated rings. The van der Waals surface area contributed by atoms with Gasteiger partial charge in [0.15, 0.2) is 0 Å². The molecule has 0 aromatic carbocycles. The van der Waals surface area contributed by atoms with Crippen LogP contribution in [0.25, 0.3) is 0 Å². The van der Waals surface area contributed by atoms with E-state index in [1.54, 1.807) is 0 Å². The van der Waals surface area contributed by atoms with Gasteiger partial charge in [-0.2, -0.15) is 0 Å².